The molecule has 19 heavy (non-hydrogen) atoms. The Bertz CT molecular complexity index is 253. The van der Waals surface area contributed by atoms with Gasteiger partial charge in [0.15, 0.2) is 0 Å². The van der Waals surface area contributed by atoms with Crippen LogP contribution in [0, 0.1) is 11.8 Å². The van der Waals surface area contributed by atoms with Crippen LogP contribution in [0.2, 0.25) is 0 Å². The van der Waals surface area contributed by atoms with Crippen LogP contribution in [0.25, 0.3) is 0 Å². The van der Waals surface area contributed by atoms with Crippen molar-refractivity contribution in [3.05, 3.63) is 0 Å². The van der Waals surface area contributed by atoms with E-state index in [-0.39, 0.29) is 0 Å². The van der Waals surface area contributed by atoms with Crippen LogP contribution in [-0.4, -0.2) is 49.8 Å². The molecule has 2 fully saturated rings. The maximum Gasteiger partial charge on any atom is 0.0593 e. The second kappa shape index (κ2) is 7.61. The third-order valence-electron chi connectivity index (χ3n) is 4.56. The summed E-state index contributed by atoms with van der Waals surface area (Å²) in [5, 5.41) is 3.70. The molecule has 1 saturated heterocycles. The Balaban J connectivity index is 1.68. The predicted octanol–water partition coefficient (Wildman–Crippen LogP) is 2.51. The molecule has 3 heteroatoms. The molecule has 1 aliphatic carbocycles. The van der Waals surface area contributed by atoms with Crippen LogP contribution in [0.3, 0.4) is 0 Å². The molecule has 2 atom stereocenters. The summed E-state index contributed by atoms with van der Waals surface area (Å²) in [7, 11) is 0. The monoisotopic (exact) mass is 268 g/mol. The topological polar surface area (TPSA) is 24.5 Å². The Hall–Kier alpha value is -0.120. The molecule has 3 nitrogen and oxygen atoms in total. The van der Waals surface area contributed by atoms with Crippen LogP contribution in [-0.2, 0) is 4.74 Å². The SMILES string of the molecule is CCC1CN(CCOCCC(C)C)C(C2CC2)CN1. The van der Waals surface area contributed by atoms with Crippen LogP contribution in [0.1, 0.15) is 46.5 Å². The Kier molecular flexibility index (Phi) is 6.11. The lowest BCUT2D eigenvalue weighted by Crippen LogP contribution is -2.57. The molecule has 1 N–H and O–H groups in total. The maximum atomic E-state index is 5.80. The first-order chi connectivity index (χ1) is 9.20. The maximum absolute atomic E-state index is 5.80. The van der Waals surface area contributed by atoms with Crippen molar-refractivity contribution in [1.29, 1.82) is 0 Å². The van der Waals surface area contributed by atoms with E-state index in [1.165, 1.54) is 38.8 Å². The van der Waals surface area contributed by atoms with Gasteiger partial charge in [-0.25, -0.2) is 0 Å². The van der Waals surface area contributed by atoms with E-state index in [1.807, 2.05) is 0 Å². The van der Waals surface area contributed by atoms with E-state index >= 15 is 0 Å². The predicted molar refractivity (Wildman–Crippen MR) is 80.4 cm³/mol. The van der Waals surface area contributed by atoms with Crippen molar-refractivity contribution in [1.82, 2.24) is 10.2 Å². The number of hydrogen-bond donors (Lipinski definition) is 1. The number of ether oxygens (including phenoxy) is 1. The van der Waals surface area contributed by atoms with Crippen LogP contribution in [0.4, 0.5) is 0 Å². The highest BCUT2D eigenvalue weighted by Crippen LogP contribution is 2.36. The van der Waals surface area contributed by atoms with Gasteiger partial charge < -0.3 is 10.1 Å². The van der Waals surface area contributed by atoms with E-state index < -0.39 is 0 Å². The van der Waals surface area contributed by atoms with E-state index in [4.69, 9.17) is 4.74 Å². The smallest absolute Gasteiger partial charge is 0.0593 e. The molecule has 0 aromatic rings. The Morgan fingerprint density at radius 2 is 2.05 bits per heavy atom. The van der Waals surface area contributed by atoms with Gasteiger partial charge in [-0.2, -0.15) is 0 Å². The molecule has 0 radical (unpaired) electrons. The summed E-state index contributed by atoms with van der Waals surface area (Å²) < 4.78 is 5.80. The quantitative estimate of drug-likeness (QED) is 0.685. The molecular formula is C16H32N2O. The van der Waals surface area contributed by atoms with Gasteiger partial charge in [-0.3, -0.25) is 4.90 Å². The van der Waals surface area contributed by atoms with Crippen molar-refractivity contribution in [3.63, 3.8) is 0 Å². The van der Waals surface area contributed by atoms with Gasteiger partial charge in [0.1, 0.15) is 0 Å². The standard InChI is InChI=1S/C16H32N2O/c1-4-15-12-18(8-10-19-9-7-13(2)3)16(11-17-15)14-5-6-14/h13-17H,4-12H2,1-3H3. The zero-order valence-electron chi connectivity index (χ0n) is 13.0. The third kappa shape index (κ3) is 5.05. The lowest BCUT2D eigenvalue weighted by atomic mass is 10.0. The average Bonchev–Trinajstić information content (AvgIpc) is 3.22. The van der Waals surface area contributed by atoms with Gasteiger partial charge in [0.2, 0.25) is 0 Å². The van der Waals surface area contributed by atoms with Crippen molar-refractivity contribution in [2.45, 2.75) is 58.5 Å². The molecule has 1 heterocycles. The highest BCUT2D eigenvalue weighted by Gasteiger charge is 2.38. The largest absolute Gasteiger partial charge is 0.380 e. The van der Waals surface area contributed by atoms with Gasteiger partial charge in [0, 0.05) is 38.3 Å². The minimum atomic E-state index is 0.686. The van der Waals surface area contributed by atoms with E-state index in [2.05, 4.69) is 31.0 Å². The molecule has 0 amide bonds. The van der Waals surface area contributed by atoms with Crippen molar-refractivity contribution < 1.29 is 4.74 Å². The minimum Gasteiger partial charge on any atom is -0.380 e. The van der Waals surface area contributed by atoms with Crippen LogP contribution in [0.5, 0.6) is 0 Å². The molecule has 2 aliphatic rings. The highest BCUT2D eigenvalue weighted by molar-refractivity contribution is 4.94. The summed E-state index contributed by atoms with van der Waals surface area (Å²) in [6.45, 7) is 12.2. The molecule has 1 aliphatic heterocycles. The summed E-state index contributed by atoms with van der Waals surface area (Å²) in [6, 6.07) is 1.46. The van der Waals surface area contributed by atoms with Gasteiger partial charge in [0.05, 0.1) is 6.61 Å². The molecule has 2 rings (SSSR count). The number of rotatable bonds is 8. The summed E-state index contributed by atoms with van der Waals surface area (Å²) in [5.41, 5.74) is 0. The fourth-order valence-electron chi connectivity index (χ4n) is 2.98. The van der Waals surface area contributed by atoms with Gasteiger partial charge in [-0.15, -0.1) is 0 Å². The zero-order chi connectivity index (χ0) is 13.7. The Morgan fingerprint density at radius 1 is 1.26 bits per heavy atom. The van der Waals surface area contributed by atoms with Crippen LogP contribution < -0.4 is 5.32 Å². The normalized spacial score (nSPS) is 29.1. The van der Waals surface area contributed by atoms with Crippen LogP contribution in [0.15, 0.2) is 0 Å². The third-order valence-corrected chi connectivity index (χ3v) is 4.56. The number of hydrogen-bond acceptors (Lipinski definition) is 3. The van der Waals surface area contributed by atoms with E-state index in [9.17, 15) is 0 Å². The van der Waals surface area contributed by atoms with Gasteiger partial charge in [-0.1, -0.05) is 20.8 Å². The summed E-state index contributed by atoms with van der Waals surface area (Å²) >= 11 is 0. The van der Waals surface area contributed by atoms with Gasteiger partial charge in [-0.05, 0) is 37.5 Å². The number of nitrogens with one attached hydrogen (secondary N) is 1. The van der Waals surface area contributed by atoms with Crippen molar-refractivity contribution in [2.24, 2.45) is 11.8 Å². The molecule has 0 bridgehead atoms. The first-order valence-corrected chi connectivity index (χ1v) is 8.25. The van der Waals surface area contributed by atoms with Crippen molar-refractivity contribution >= 4 is 0 Å². The summed E-state index contributed by atoms with van der Waals surface area (Å²) in [6.07, 6.45) is 5.30. The lowest BCUT2D eigenvalue weighted by molar-refractivity contribution is 0.0545. The summed E-state index contributed by atoms with van der Waals surface area (Å²) in [4.78, 5) is 2.69. The second-order valence-electron chi connectivity index (χ2n) is 6.71. The first-order valence-electron chi connectivity index (χ1n) is 8.25. The van der Waals surface area contributed by atoms with E-state index in [1.54, 1.807) is 0 Å². The van der Waals surface area contributed by atoms with Gasteiger partial charge in [0.25, 0.3) is 0 Å². The zero-order valence-corrected chi connectivity index (χ0v) is 13.0. The first kappa shape index (κ1) is 15.3. The highest BCUT2D eigenvalue weighted by atomic mass is 16.5. The molecule has 112 valence electrons. The molecular weight excluding hydrogens is 236 g/mol. The van der Waals surface area contributed by atoms with Crippen molar-refractivity contribution in [2.75, 3.05) is 32.8 Å². The van der Waals surface area contributed by atoms with E-state index in [0.717, 1.165) is 37.6 Å². The fourth-order valence-corrected chi connectivity index (χ4v) is 2.98. The van der Waals surface area contributed by atoms with Crippen molar-refractivity contribution in [3.8, 4) is 0 Å². The number of nitrogens with zero attached hydrogens (tertiary/aromatic N) is 1. The summed E-state index contributed by atoms with van der Waals surface area (Å²) in [5.74, 6) is 1.71. The molecule has 0 aromatic heterocycles. The molecule has 0 aromatic carbocycles. The number of piperazine rings is 1. The average molecular weight is 268 g/mol. The molecule has 1 saturated carbocycles. The Morgan fingerprint density at radius 3 is 2.68 bits per heavy atom. The lowest BCUT2D eigenvalue weighted by Gasteiger charge is -2.40. The molecule has 2 unspecified atom stereocenters. The Labute approximate surface area is 119 Å². The molecule has 0 spiro atoms. The van der Waals surface area contributed by atoms with E-state index in [0.29, 0.717) is 6.04 Å². The van der Waals surface area contributed by atoms with Gasteiger partial charge >= 0.3 is 0 Å². The minimum absolute atomic E-state index is 0.686. The van der Waals surface area contributed by atoms with Crippen LogP contribution >= 0.6 is 0 Å². The fraction of sp³-hybridized carbons (Fsp3) is 1.00. The second-order valence-corrected chi connectivity index (χ2v) is 6.71.